The van der Waals surface area contributed by atoms with Crippen LogP contribution in [0, 0.1) is 0 Å². The molecule has 0 spiro atoms. The fourth-order valence-electron chi connectivity index (χ4n) is 0.918. The van der Waals surface area contributed by atoms with E-state index in [1.165, 1.54) is 19.1 Å². The molecule has 1 amide bonds. The summed E-state index contributed by atoms with van der Waals surface area (Å²) in [5.74, 6) is -1.74. The summed E-state index contributed by atoms with van der Waals surface area (Å²) in [5.41, 5.74) is 0.0826. The molecular formula is C9H8Cl2N2O3. The Morgan fingerprint density at radius 2 is 2.06 bits per heavy atom. The van der Waals surface area contributed by atoms with Crippen LogP contribution in [0.2, 0.25) is 10.3 Å². The standard InChI is InChI=1S/C9H8Cl2N2O3/c1-4(9(15)16)12-8(14)5-2-3-6(10)13-7(5)11/h2-4H,1H3,(H,12,14)(H,15,16)/t4-/m0/s1. The van der Waals surface area contributed by atoms with E-state index in [-0.39, 0.29) is 15.9 Å². The Bertz CT molecular complexity index is 437. The minimum Gasteiger partial charge on any atom is -0.480 e. The average molecular weight is 263 g/mol. The number of pyridine rings is 1. The lowest BCUT2D eigenvalue weighted by molar-refractivity contribution is -0.138. The maximum absolute atomic E-state index is 11.5. The second kappa shape index (κ2) is 5.14. The number of rotatable bonds is 3. The van der Waals surface area contributed by atoms with E-state index in [9.17, 15) is 9.59 Å². The number of nitrogens with one attached hydrogen (secondary N) is 1. The quantitative estimate of drug-likeness (QED) is 0.811. The Morgan fingerprint density at radius 1 is 1.44 bits per heavy atom. The van der Waals surface area contributed by atoms with Gasteiger partial charge in [0.15, 0.2) is 0 Å². The van der Waals surface area contributed by atoms with Crippen LogP contribution in [0.1, 0.15) is 17.3 Å². The van der Waals surface area contributed by atoms with E-state index in [2.05, 4.69) is 10.3 Å². The molecule has 2 N–H and O–H groups in total. The molecule has 0 aliphatic carbocycles. The van der Waals surface area contributed by atoms with E-state index in [1.807, 2.05) is 0 Å². The molecule has 5 nitrogen and oxygen atoms in total. The molecule has 0 radical (unpaired) electrons. The average Bonchev–Trinajstić information content (AvgIpc) is 2.16. The van der Waals surface area contributed by atoms with Crippen molar-refractivity contribution in [1.29, 1.82) is 0 Å². The van der Waals surface area contributed by atoms with Crippen LogP contribution >= 0.6 is 23.2 Å². The summed E-state index contributed by atoms with van der Waals surface area (Å²) < 4.78 is 0. The van der Waals surface area contributed by atoms with Crippen molar-refractivity contribution < 1.29 is 14.7 Å². The number of halogens is 2. The summed E-state index contributed by atoms with van der Waals surface area (Å²) in [5, 5.41) is 10.9. The van der Waals surface area contributed by atoms with Crippen molar-refractivity contribution in [1.82, 2.24) is 10.3 Å². The summed E-state index contributed by atoms with van der Waals surface area (Å²) >= 11 is 11.2. The van der Waals surface area contributed by atoms with Gasteiger partial charge >= 0.3 is 5.97 Å². The van der Waals surface area contributed by atoms with Crippen molar-refractivity contribution in [2.24, 2.45) is 0 Å². The molecular weight excluding hydrogens is 255 g/mol. The normalized spacial score (nSPS) is 11.9. The summed E-state index contributed by atoms with van der Waals surface area (Å²) in [6.45, 7) is 1.34. The lowest BCUT2D eigenvalue weighted by atomic mass is 10.2. The Hall–Kier alpha value is -1.33. The first kappa shape index (κ1) is 12.7. The van der Waals surface area contributed by atoms with Crippen molar-refractivity contribution in [3.8, 4) is 0 Å². The molecule has 0 aromatic carbocycles. The number of carbonyl (C=O) groups excluding carboxylic acids is 1. The summed E-state index contributed by atoms with van der Waals surface area (Å²) in [6.07, 6.45) is 0. The molecule has 1 aromatic rings. The van der Waals surface area contributed by atoms with Gasteiger partial charge in [-0.1, -0.05) is 23.2 Å². The number of carboxylic acids is 1. The second-order valence-electron chi connectivity index (χ2n) is 3.01. The summed E-state index contributed by atoms with van der Waals surface area (Å²) in [6, 6.07) is 1.77. The number of carboxylic acid groups (broad SMARTS) is 1. The van der Waals surface area contributed by atoms with Gasteiger partial charge in [-0.05, 0) is 19.1 Å². The zero-order valence-electron chi connectivity index (χ0n) is 8.20. The zero-order valence-corrected chi connectivity index (χ0v) is 9.71. The van der Waals surface area contributed by atoms with Crippen LogP contribution in [0.15, 0.2) is 12.1 Å². The molecule has 1 aromatic heterocycles. The lowest BCUT2D eigenvalue weighted by Crippen LogP contribution is -2.38. The minimum atomic E-state index is -1.13. The third-order valence-corrected chi connectivity index (χ3v) is 2.28. The lowest BCUT2D eigenvalue weighted by Gasteiger charge is -2.09. The van der Waals surface area contributed by atoms with E-state index < -0.39 is 17.9 Å². The molecule has 0 bridgehead atoms. The van der Waals surface area contributed by atoms with E-state index in [0.29, 0.717) is 0 Å². The van der Waals surface area contributed by atoms with Crippen LogP contribution in [0.3, 0.4) is 0 Å². The smallest absolute Gasteiger partial charge is 0.325 e. The molecule has 0 saturated carbocycles. The van der Waals surface area contributed by atoms with Gasteiger partial charge in [0.1, 0.15) is 16.3 Å². The molecule has 1 atom stereocenters. The Morgan fingerprint density at radius 3 is 2.56 bits per heavy atom. The molecule has 0 aliphatic rings. The molecule has 16 heavy (non-hydrogen) atoms. The first-order chi connectivity index (χ1) is 7.41. The molecule has 86 valence electrons. The Labute approximate surface area is 101 Å². The van der Waals surface area contributed by atoms with Crippen molar-refractivity contribution >= 4 is 35.1 Å². The fourth-order valence-corrected chi connectivity index (χ4v) is 1.35. The van der Waals surface area contributed by atoms with Gasteiger partial charge in [-0.25, -0.2) is 4.98 Å². The summed E-state index contributed by atoms with van der Waals surface area (Å²) in [7, 11) is 0. The monoisotopic (exact) mass is 262 g/mol. The fraction of sp³-hybridized carbons (Fsp3) is 0.222. The molecule has 0 unspecified atom stereocenters. The van der Waals surface area contributed by atoms with E-state index in [4.69, 9.17) is 28.3 Å². The van der Waals surface area contributed by atoms with Gasteiger partial charge in [0.25, 0.3) is 5.91 Å². The van der Waals surface area contributed by atoms with Crippen molar-refractivity contribution in [2.75, 3.05) is 0 Å². The van der Waals surface area contributed by atoms with Crippen LogP contribution in [-0.4, -0.2) is 28.0 Å². The van der Waals surface area contributed by atoms with Gasteiger partial charge in [0.05, 0.1) is 5.56 Å². The van der Waals surface area contributed by atoms with Crippen molar-refractivity contribution in [2.45, 2.75) is 13.0 Å². The van der Waals surface area contributed by atoms with Crippen molar-refractivity contribution in [3.63, 3.8) is 0 Å². The largest absolute Gasteiger partial charge is 0.480 e. The molecule has 0 aliphatic heterocycles. The van der Waals surface area contributed by atoms with Gasteiger partial charge in [-0.2, -0.15) is 0 Å². The summed E-state index contributed by atoms with van der Waals surface area (Å²) in [4.78, 5) is 25.7. The highest BCUT2D eigenvalue weighted by atomic mass is 35.5. The zero-order chi connectivity index (χ0) is 12.3. The predicted octanol–water partition coefficient (Wildman–Crippen LogP) is 1.59. The van der Waals surface area contributed by atoms with Gasteiger partial charge in [-0.3, -0.25) is 9.59 Å². The number of amides is 1. The van der Waals surface area contributed by atoms with Crippen LogP contribution in [0.25, 0.3) is 0 Å². The third-order valence-electron chi connectivity index (χ3n) is 1.78. The molecule has 0 saturated heterocycles. The van der Waals surface area contributed by atoms with E-state index in [1.54, 1.807) is 0 Å². The molecule has 1 rings (SSSR count). The topological polar surface area (TPSA) is 79.3 Å². The van der Waals surface area contributed by atoms with Crippen LogP contribution in [-0.2, 0) is 4.79 Å². The third kappa shape index (κ3) is 3.08. The molecule has 0 fully saturated rings. The molecule has 1 heterocycles. The van der Waals surface area contributed by atoms with Crippen molar-refractivity contribution in [3.05, 3.63) is 28.0 Å². The first-order valence-corrected chi connectivity index (χ1v) is 5.03. The van der Waals surface area contributed by atoms with Gasteiger partial charge in [0, 0.05) is 0 Å². The Kier molecular flexibility index (Phi) is 4.09. The van der Waals surface area contributed by atoms with E-state index in [0.717, 1.165) is 0 Å². The highest BCUT2D eigenvalue weighted by Gasteiger charge is 2.17. The van der Waals surface area contributed by atoms with Gasteiger partial charge in [-0.15, -0.1) is 0 Å². The maximum Gasteiger partial charge on any atom is 0.325 e. The van der Waals surface area contributed by atoms with Crippen LogP contribution in [0.5, 0.6) is 0 Å². The second-order valence-corrected chi connectivity index (χ2v) is 3.75. The number of aliphatic carboxylic acids is 1. The van der Waals surface area contributed by atoms with Crippen LogP contribution < -0.4 is 5.32 Å². The highest BCUT2D eigenvalue weighted by molar-refractivity contribution is 6.34. The maximum atomic E-state index is 11.5. The first-order valence-electron chi connectivity index (χ1n) is 4.27. The number of aromatic nitrogens is 1. The van der Waals surface area contributed by atoms with Gasteiger partial charge in [0.2, 0.25) is 0 Å². The Balaban J connectivity index is 2.85. The SMILES string of the molecule is C[C@H](NC(=O)c1ccc(Cl)nc1Cl)C(=O)O. The van der Waals surface area contributed by atoms with Crippen LogP contribution in [0.4, 0.5) is 0 Å². The number of hydrogen-bond donors (Lipinski definition) is 2. The predicted molar refractivity (Wildman–Crippen MR) is 58.8 cm³/mol. The molecule has 7 heteroatoms. The van der Waals surface area contributed by atoms with Gasteiger partial charge < -0.3 is 10.4 Å². The van der Waals surface area contributed by atoms with E-state index >= 15 is 0 Å². The minimum absolute atomic E-state index is 0.0670. The highest BCUT2D eigenvalue weighted by Crippen LogP contribution is 2.16. The number of hydrogen-bond acceptors (Lipinski definition) is 3. The number of nitrogens with zero attached hydrogens (tertiary/aromatic N) is 1. The number of carbonyl (C=O) groups is 2.